The van der Waals surface area contributed by atoms with Crippen LogP contribution in [0.1, 0.15) is 33.6 Å². The van der Waals surface area contributed by atoms with Gasteiger partial charge in [-0.05, 0) is 24.2 Å². The van der Waals surface area contributed by atoms with Gasteiger partial charge in [-0.2, -0.15) is 0 Å². The highest BCUT2D eigenvalue weighted by Crippen LogP contribution is 2.38. The van der Waals surface area contributed by atoms with Crippen molar-refractivity contribution < 1.29 is 0 Å². The third-order valence-electron chi connectivity index (χ3n) is 2.13. The van der Waals surface area contributed by atoms with Crippen molar-refractivity contribution in [1.82, 2.24) is 0 Å². The molecular formula is C8H17N. The van der Waals surface area contributed by atoms with Gasteiger partial charge < -0.3 is 5.73 Å². The molecule has 0 bridgehead atoms. The molecule has 9 heavy (non-hydrogen) atoms. The van der Waals surface area contributed by atoms with E-state index in [1.54, 1.807) is 0 Å². The largest absolute Gasteiger partial charge is 0.327 e. The summed E-state index contributed by atoms with van der Waals surface area (Å²) in [4.78, 5) is 0. The molecule has 1 atom stereocenters. The van der Waals surface area contributed by atoms with Crippen LogP contribution >= 0.6 is 0 Å². The van der Waals surface area contributed by atoms with Crippen LogP contribution in [0.2, 0.25) is 0 Å². The lowest BCUT2D eigenvalue weighted by atomic mass is 9.84. The Morgan fingerprint density at radius 3 is 1.89 bits per heavy atom. The van der Waals surface area contributed by atoms with E-state index in [0.717, 1.165) is 5.92 Å². The van der Waals surface area contributed by atoms with E-state index in [1.807, 2.05) is 0 Å². The average molecular weight is 127 g/mol. The van der Waals surface area contributed by atoms with Gasteiger partial charge in [-0.3, -0.25) is 0 Å². The smallest absolute Gasteiger partial charge is 0.0116 e. The molecule has 0 unspecified atom stereocenters. The molecule has 0 aromatic rings. The van der Waals surface area contributed by atoms with Crippen LogP contribution in [-0.4, -0.2) is 6.04 Å². The van der Waals surface area contributed by atoms with Crippen molar-refractivity contribution in [3.05, 3.63) is 0 Å². The van der Waals surface area contributed by atoms with Gasteiger partial charge in [-0.25, -0.2) is 0 Å². The number of rotatable bonds is 1. The van der Waals surface area contributed by atoms with Crippen molar-refractivity contribution in [2.45, 2.75) is 39.7 Å². The van der Waals surface area contributed by atoms with Crippen molar-refractivity contribution in [3.63, 3.8) is 0 Å². The van der Waals surface area contributed by atoms with Gasteiger partial charge in [-0.15, -0.1) is 0 Å². The molecule has 1 aliphatic carbocycles. The molecule has 54 valence electrons. The van der Waals surface area contributed by atoms with Gasteiger partial charge in [0.05, 0.1) is 0 Å². The molecule has 1 rings (SSSR count). The number of nitrogens with two attached hydrogens (primary N) is 1. The van der Waals surface area contributed by atoms with Gasteiger partial charge >= 0.3 is 0 Å². The Morgan fingerprint density at radius 2 is 1.78 bits per heavy atom. The van der Waals surface area contributed by atoms with Gasteiger partial charge in [0.25, 0.3) is 0 Å². The fourth-order valence-electron chi connectivity index (χ4n) is 1.16. The lowest BCUT2D eigenvalue weighted by molar-refractivity contribution is 0.293. The molecule has 1 saturated carbocycles. The maximum atomic E-state index is 5.96. The summed E-state index contributed by atoms with van der Waals surface area (Å²) in [7, 11) is 0. The van der Waals surface area contributed by atoms with E-state index in [2.05, 4.69) is 20.8 Å². The molecule has 1 aliphatic rings. The van der Waals surface area contributed by atoms with Crippen molar-refractivity contribution in [1.29, 1.82) is 0 Å². The van der Waals surface area contributed by atoms with Gasteiger partial charge in [0.15, 0.2) is 0 Å². The minimum atomic E-state index is 0.321. The standard InChI is InChI=1S/C8H17N/c1-8(2,3)7(9)6-4-5-6/h6-7H,4-5,9H2,1-3H3/t7-/m1/s1. The number of hydrogen-bond acceptors (Lipinski definition) is 1. The topological polar surface area (TPSA) is 26.0 Å². The predicted molar refractivity (Wildman–Crippen MR) is 40.2 cm³/mol. The maximum Gasteiger partial charge on any atom is 0.0116 e. The monoisotopic (exact) mass is 127 g/mol. The Morgan fingerprint density at radius 1 is 1.33 bits per heavy atom. The van der Waals surface area contributed by atoms with Gasteiger partial charge in [-0.1, -0.05) is 20.8 Å². The molecule has 1 fully saturated rings. The first kappa shape index (κ1) is 7.07. The minimum Gasteiger partial charge on any atom is -0.327 e. The van der Waals surface area contributed by atoms with Gasteiger partial charge in [0.2, 0.25) is 0 Å². The summed E-state index contributed by atoms with van der Waals surface area (Å²) in [6.45, 7) is 6.65. The molecule has 2 N–H and O–H groups in total. The Balaban J connectivity index is 2.40. The highest BCUT2D eigenvalue weighted by atomic mass is 14.7. The van der Waals surface area contributed by atoms with Crippen LogP contribution < -0.4 is 5.73 Å². The molecule has 0 spiro atoms. The summed E-state index contributed by atoms with van der Waals surface area (Å²) in [5, 5.41) is 0. The molecule has 0 heterocycles. The quantitative estimate of drug-likeness (QED) is 0.570. The van der Waals surface area contributed by atoms with Crippen molar-refractivity contribution in [3.8, 4) is 0 Å². The van der Waals surface area contributed by atoms with Crippen LogP contribution in [0.5, 0.6) is 0 Å². The fraction of sp³-hybridized carbons (Fsp3) is 1.00. The Hall–Kier alpha value is -0.0400. The second-order valence-corrected chi connectivity index (χ2v) is 4.23. The highest BCUT2D eigenvalue weighted by molar-refractivity contribution is 4.90. The normalized spacial score (nSPS) is 24.0. The second-order valence-electron chi connectivity index (χ2n) is 4.23. The van der Waals surface area contributed by atoms with E-state index in [1.165, 1.54) is 12.8 Å². The highest BCUT2D eigenvalue weighted by Gasteiger charge is 2.35. The predicted octanol–water partition coefficient (Wildman–Crippen LogP) is 1.77. The molecule has 0 aliphatic heterocycles. The zero-order valence-electron chi connectivity index (χ0n) is 6.65. The summed E-state index contributed by atoms with van der Waals surface area (Å²) in [6.07, 6.45) is 2.72. The van der Waals surface area contributed by atoms with Crippen LogP contribution in [0, 0.1) is 11.3 Å². The molecular weight excluding hydrogens is 110 g/mol. The minimum absolute atomic E-state index is 0.321. The lowest BCUT2D eigenvalue weighted by Gasteiger charge is -2.26. The van der Waals surface area contributed by atoms with Gasteiger partial charge in [0.1, 0.15) is 0 Å². The number of hydrogen-bond donors (Lipinski definition) is 1. The van der Waals surface area contributed by atoms with Crippen LogP contribution in [-0.2, 0) is 0 Å². The van der Waals surface area contributed by atoms with Crippen LogP contribution in [0.15, 0.2) is 0 Å². The average Bonchev–Trinajstić information content (AvgIpc) is 2.40. The van der Waals surface area contributed by atoms with Gasteiger partial charge in [0, 0.05) is 6.04 Å². The van der Waals surface area contributed by atoms with E-state index in [4.69, 9.17) is 5.73 Å². The summed E-state index contributed by atoms with van der Waals surface area (Å²) in [6, 6.07) is 0.428. The first-order valence-electron chi connectivity index (χ1n) is 3.77. The van der Waals surface area contributed by atoms with Crippen LogP contribution in [0.25, 0.3) is 0 Å². The van der Waals surface area contributed by atoms with E-state index < -0.39 is 0 Å². The van der Waals surface area contributed by atoms with Crippen molar-refractivity contribution >= 4 is 0 Å². The van der Waals surface area contributed by atoms with E-state index in [-0.39, 0.29) is 0 Å². The van der Waals surface area contributed by atoms with Crippen LogP contribution in [0.3, 0.4) is 0 Å². The Bertz CT molecular complexity index is 97.6. The molecule has 0 aromatic heterocycles. The summed E-state index contributed by atoms with van der Waals surface area (Å²) < 4.78 is 0. The lowest BCUT2D eigenvalue weighted by Crippen LogP contribution is -2.36. The summed E-state index contributed by atoms with van der Waals surface area (Å²) >= 11 is 0. The second kappa shape index (κ2) is 1.98. The Kier molecular flexibility index (Phi) is 1.55. The molecule has 1 nitrogen and oxygen atoms in total. The molecule has 0 amide bonds. The van der Waals surface area contributed by atoms with Crippen molar-refractivity contribution in [2.24, 2.45) is 17.1 Å². The van der Waals surface area contributed by atoms with Crippen molar-refractivity contribution in [2.75, 3.05) is 0 Å². The van der Waals surface area contributed by atoms with E-state index in [0.29, 0.717) is 11.5 Å². The molecule has 1 heteroatoms. The first-order valence-corrected chi connectivity index (χ1v) is 3.77. The third-order valence-corrected chi connectivity index (χ3v) is 2.13. The third kappa shape index (κ3) is 1.68. The Labute approximate surface area is 57.6 Å². The fourth-order valence-corrected chi connectivity index (χ4v) is 1.16. The first-order chi connectivity index (χ1) is 4.02. The maximum absolute atomic E-state index is 5.96. The zero-order chi connectivity index (χ0) is 7.07. The summed E-state index contributed by atoms with van der Waals surface area (Å²) in [5.74, 6) is 0.838. The van der Waals surface area contributed by atoms with E-state index >= 15 is 0 Å². The summed E-state index contributed by atoms with van der Waals surface area (Å²) in [5.41, 5.74) is 6.28. The zero-order valence-corrected chi connectivity index (χ0v) is 6.65. The molecule has 0 saturated heterocycles. The van der Waals surface area contributed by atoms with E-state index in [9.17, 15) is 0 Å². The SMILES string of the molecule is CC(C)(C)[C@H](N)C1CC1. The molecule has 0 radical (unpaired) electrons. The molecule has 0 aromatic carbocycles. The van der Waals surface area contributed by atoms with Crippen LogP contribution in [0.4, 0.5) is 0 Å².